The molecule has 2 unspecified atom stereocenters. The lowest BCUT2D eigenvalue weighted by atomic mass is 9.94. The van der Waals surface area contributed by atoms with Crippen molar-refractivity contribution in [3.05, 3.63) is 0 Å². The lowest BCUT2D eigenvalue weighted by molar-refractivity contribution is -0.203. The predicted molar refractivity (Wildman–Crippen MR) is 54.0 cm³/mol. The molecule has 0 aromatic rings. The molecule has 0 radical (unpaired) electrons. The summed E-state index contributed by atoms with van der Waals surface area (Å²) in [5.74, 6) is -3.32. The van der Waals surface area contributed by atoms with Gasteiger partial charge in [-0.1, -0.05) is 0 Å². The fourth-order valence-corrected chi connectivity index (χ4v) is 1.88. The molecule has 0 bridgehead atoms. The maximum absolute atomic E-state index is 12.6. The Labute approximate surface area is 105 Å². The summed E-state index contributed by atoms with van der Waals surface area (Å²) < 4.78 is 75.3. The highest BCUT2D eigenvalue weighted by atomic mass is 19.4. The summed E-state index contributed by atoms with van der Waals surface area (Å²) in [4.78, 5) is 12.2. The van der Waals surface area contributed by atoms with Crippen molar-refractivity contribution in [1.82, 2.24) is 4.90 Å². The molecule has 1 rings (SSSR count). The Bertz CT molecular complexity index is 349. The van der Waals surface area contributed by atoms with Crippen molar-refractivity contribution in [2.45, 2.75) is 37.7 Å². The van der Waals surface area contributed by atoms with Crippen molar-refractivity contribution in [1.29, 1.82) is 0 Å². The minimum absolute atomic E-state index is 0.00382. The van der Waals surface area contributed by atoms with Gasteiger partial charge in [-0.15, -0.1) is 0 Å². The Balaban J connectivity index is 2.84. The van der Waals surface area contributed by atoms with Gasteiger partial charge >= 0.3 is 12.4 Å². The van der Waals surface area contributed by atoms with E-state index in [1.807, 2.05) is 0 Å². The highest BCUT2D eigenvalue weighted by molar-refractivity contribution is 5.86. The Morgan fingerprint density at radius 2 is 1.74 bits per heavy atom. The number of rotatable bonds is 1. The molecule has 1 aliphatic rings. The second kappa shape index (κ2) is 4.84. The average molecular weight is 292 g/mol. The fourth-order valence-electron chi connectivity index (χ4n) is 1.88. The van der Waals surface area contributed by atoms with Crippen LogP contribution in [0, 0.1) is 5.92 Å². The number of nitrogens with two attached hydrogens (primary N) is 1. The van der Waals surface area contributed by atoms with Gasteiger partial charge in [0.1, 0.15) is 0 Å². The highest BCUT2D eigenvalue weighted by Crippen LogP contribution is 2.35. The minimum Gasteiger partial charge on any atom is -0.340 e. The zero-order chi connectivity index (χ0) is 15.1. The van der Waals surface area contributed by atoms with Crippen LogP contribution in [0.3, 0.4) is 0 Å². The molecule has 0 aromatic heterocycles. The number of hydrogen-bond acceptors (Lipinski definition) is 2. The highest BCUT2D eigenvalue weighted by Gasteiger charge is 2.56. The van der Waals surface area contributed by atoms with Crippen LogP contribution in [0.2, 0.25) is 0 Å². The van der Waals surface area contributed by atoms with Gasteiger partial charge in [-0.05, 0) is 19.8 Å². The lowest BCUT2D eigenvalue weighted by Crippen LogP contribution is -2.63. The summed E-state index contributed by atoms with van der Waals surface area (Å²) in [5.41, 5.74) is 1.76. The number of halogens is 6. The molecule has 1 amide bonds. The summed E-state index contributed by atoms with van der Waals surface area (Å²) in [7, 11) is 0. The monoisotopic (exact) mass is 292 g/mol. The number of nitrogens with zero attached hydrogens (tertiary/aromatic N) is 1. The third-order valence-corrected chi connectivity index (χ3v) is 3.20. The molecule has 19 heavy (non-hydrogen) atoms. The molecule has 0 aliphatic carbocycles. The normalized spacial score (nSPS) is 25.1. The summed E-state index contributed by atoms with van der Waals surface area (Å²) in [6.45, 7) is -0.452. The Morgan fingerprint density at radius 3 is 2.16 bits per heavy atom. The molecule has 2 N–H and O–H groups in total. The van der Waals surface area contributed by atoms with Crippen LogP contribution in [0.15, 0.2) is 0 Å². The van der Waals surface area contributed by atoms with Gasteiger partial charge in [0.2, 0.25) is 0 Å². The maximum atomic E-state index is 12.6. The average Bonchev–Trinajstić information content (AvgIpc) is 2.25. The second-order valence-corrected chi connectivity index (χ2v) is 4.83. The largest absolute Gasteiger partial charge is 0.415 e. The Hall–Kier alpha value is -0.990. The first-order chi connectivity index (χ1) is 8.37. The van der Waals surface area contributed by atoms with E-state index in [0.717, 1.165) is 0 Å². The second-order valence-electron chi connectivity index (χ2n) is 4.83. The number of likely N-dealkylation sites (tertiary alicyclic amines) is 1. The SMILES string of the molecule is CC(N)(C(=O)N1CCCC(C(F)(F)F)C1)C(F)(F)F. The van der Waals surface area contributed by atoms with E-state index in [2.05, 4.69) is 0 Å². The van der Waals surface area contributed by atoms with Crippen LogP contribution >= 0.6 is 0 Å². The number of amides is 1. The molecular weight excluding hydrogens is 278 g/mol. The van der Waals surface area contributed by atoms with Crippen LogP contribution in [0.1, 0.15) is 19.8 Å². The van der Waals surface area contributed by atoms with E-state index in [4.69, 9.17) is 5.73 Å². The smallest absolute Gasteiger partial charge is 0.340 e. The van der Waals surface area contributed by atoms with Crippen LogP contribution in [0.5, 0.6) is 0 Å². The van der Waals surface area contributed by atoms with Gasteiger partial charge in [-0.25, -0.2) is 0 Å². The number of carbonyl (C=O) groups excluding carboxylic acids is 1. The first kappa shape index (κ1) is 16.1. The molecule has 1 saturated heterocycles. The Kier molecular flexibility index (Phi) is 4.09. The summed E-state index contributed by atoms with van der Waals surface area (Å²) in [6, 6.07) is 0. The molecule has 0 spiro atoms. The van der Waals surface area contributed by atoms with Gasteiger partial charge < -0.3 is 10.6 Å². The molecular formula is C10H14F6N2O. The number of carbonyl (C=O) groups is 1. The summed E-state index contributed by atoms with van der Waals surface area (Å²) >= 11 is 0. The van der Waals surface area contributed by atoms with Gasteiger partial charge in [0.25, 0.3) is 5.91 Å². The molecule has 1 heterocycles. The summed E-state index contributed by atoms with van der Waals surface area (Å²) in [5, 5.41) is 0. The van der Waals surface area contributed by atoms with Crippen molar-refractivity contribution < 1.29 is 31.1 Å². The van der Waals surface area contributed by atoms with Crippen LogP contribution in [-0.2, 0) is 4.79 Å². The minimum atomic E-state index is -5.00. The van der Waals surface area contributed by atoms with Gasteiger partial charge in [-0.3, -0.25) is 4.79 Å². The molecule has 1 fully saturated rings. The molecule has 9 heteroatoms. The predicted octanol–water partition coefficient (Wildman–Crippen LogP) is 2.07. The van der Waals surface area contributed by atoms with E-state index in [9.17, 15) is 31.1 Å². The quantitative estimate of drug-likeness (QED) is 0.752. The van der Waals surface area contributed by atoms with E-state index in [1.165, 1.54) is 0 Å². The van der Waals surface area contributed by atoms with E-state index >= 15 is 0 Å². The molecule has 2 atom stereocenters. The van der Waals surface area contributed by atoms with Gasteiger partial charge in [0, 0.05) is 13.1 Å². The molecule has 1 aliphatic heterocycles. The molecule has 0 aromatic carbocycles. The lowest BCUT2D eigenvalue weighted by Gasteiger charge is -2.38. The van der Waals surface area contributed by atoms with E-state index in [0.29, 0.717) is 11.8 Å². The molecule has 3 nitrogen and oxygen atoms in total. The van der Waals surface area contributed by atoms with Crippen LogP contribution in [0.4, 0.5) is 26.3 Å². The number of alkyl halides is 6. The summed E-state index contributed by atoms with van der Waals surface area (Å²) in [6.07, 6.45) is -9.72. The number of piperidine rings is 1. The van der Waals surface area contributed by atoms with Crippen LogP contribution in [-0.4, -0.2) is 41.8 Å². The zero-order valence-electron chi connectivity index (χ0n) is 10.1. The van der Waals surface area contributed by atoms with Crippen LogP contribution < -0.4 is 5.73 Å². The van der Waals surface area contributed by atoms with Crippen molar-refractivity contribution in [2.24, 2.45) is 11.7 Å². The third-order valence-electron chi connectivity index (χ3n) is 3.20. The van der Waals surface area contributed by atoms with Crippen molar-refractivity contribution in [3.63, 3.8) is 0 Å². The molecule has 0 saturated carbocycles. The first-order valence-electron chi connectivity index (χ1n) is 5.59. The zero-order valence-corrected chi connectivity index (χ0v) is 10.1. The van der Waals surface area contributed by atoms with Crippen molar-refractivity contribution >= 4 is 5.91 Å². The number of hydrogen-bond donors (Lipinski definition) is 1. The van der Waals surface area contributed by atoms with E-state index in [-0.39, 0.29) is 19.4 Å². The van der Waals surface area contributed by atoms with E-state index in [1.54, 1.807) is 0 Å². The van der Waals surface area contributed by atoms with E-state index < -0.39 is 36.3 Å². The topological polar surface area (TPSA) is 46.3 Å². The van der Waals surface area contributed by atoms with Crippen molar-refractivity contribution in [3.8, 4) is 0 Å². The molecule has 112 valence electrons. The fraction of sp³-hybridized carbons (Fsp3) is 0.900. The van der Waals surface area contributed by atoms with Gasteiger partial charge in [-0.2, -0.15) is 26.3 Å². The standard InChI is InChI=1S/C10H14F6N2O/c1-8(17,10(14,15)16)7(19)18-4-2-3-6(5-18)9(11,12)13/h6H,2-5,17H2,1H3. The Morgan fingerprint density at radius 1 is 1.21 bits per heavy atom. The van der Waals surface area contributed by atoms with Gasteiger partial charge in [0.15, 0.2) is 5.54 Å². The van der Waals surface area contributed by atoms with Crippen molar-refractivity contribution in [2.75, 3.05) is 13.1 Å². The maximum Gasteiger partial charge on any atom is 0.415 e. The first-order valence-corrected chi connectivity index (χ1v) is 5.59. The van der Waals surface area contributed by atoms with Gasteiger partial charge in [0.05, 0.1) is 5.92 Å². The van der Waals surface area contributed by atoms with Crippen LogP contribution in [0.25, 0.3) is 0 Å². The third kappa shape index (κ3) is 3.31.